The lowest BCUT2D eigenvalue weighted by Crippen LogP contribution is -2.67. The normalized spacial score (nSPS) is 27.3. The van der Waals surface area contributed by atoms with Crippen molar-refractivity contribution in [3.63, 3.8) is 0 Å². The third kappa shape index (κ3) is 17.7. The molecule has 0 radical (unpaired) electrons. The third-order valence-corrected chi connectivity index (χ3v) is 8.77. The van der Waals surface area contributed by atoms with E-state index < -0.39 is 110 Å². The van der Waals surface area contributed by atoms with Crippen LogP contribution in [0.5, 0.6) is 0 Å². The van der Waals surface area contributed by atoms with E-state index in [0.717, 1.165) is 53.4 Å². The second-order valence-corrected chi connectivity index (χ2v) is 13.7. The summed E-state index contributed by atoms with van der Waals surface area (Å²) in [5.74, 6) is -4.44. The molecule has 2 fully saturated rings. The first kappa shape index (κ1) is 48.5. The van der Waals surface area contributed by atoms with Crippen LogP contribution in [0, 0.1) is 0 Å². The molecule has 0 aromatic carbocycles. The zero-order valence-electron chi connectivity index (χ0n) is 33.9. The highest BCUT2D eigenvalue weighted by Gasteiger charge is 2.57. The summed E-state index contributed by atoms with van der Waals surface area (Å²) in [7, 11) is 0. The Bertz CT molecular complexity index is 1260. The molecule has 17 heteroatoms. The SMILES string of the molecule is C=CCO[C@@H]1[C@@H](OC(C)=O)[C@@H](O[C@@H]2[C@@H](OC(C)=O)[C@H](OCCCCCCCCCCCC)O[C@H](COC(C)=O)[C@H]2OC(C)=O)O[C@H](COC(C)=O)[C@H]1OC(C)=O. The van der Waals surface area contributed by atoms with Gasteiger partial charge in [0.1, 0.15) is 37.6 Å². The van der Waals surface area contributed by atoms with Crippen molar-refractivity contribution in [2.24, 2.45) is 0 Å². The molecule has 17 nitrogen and oxygen atoms in total. The Kier molecular flexibility index (Phi) is 22.8. The van der Waals surface area contributed by atoms with E-state index >= 15 is 0 Å². The fourth-order valence-electron chi connectivity index (χ4n) is 6.44. The Morgan fingerprint density at radius 3 is 1.36 bits per heavy atom. The van der Waals surface area contributed by atoms with Crippen LogP contribution >= 0.6 is 0 Å². The summed E-state index contributed by atoms with van der Waals surface area (Å²) in [5.41, 5.74) is 0. The summed E-state index contributed by atoms with van der Waals surface area (Å²) in [6.45, 7) is 11.9. The molecular formula is C39H62O17. The first-order valence-corrected chi connectivity index (χ1v) is 19.4. The Hall–Kier alpha value is -3.64. The van der Waals surface area contributed by atoms with E-state index in [1.807, 2.05) is 0 Å². The monoisotopic (exact) mass is 802 g/mol. The minimum atomic E-state index is -1.64. The molecule has 56 heavy (non-hydrogen) atoms. The summed E-state index contributed by atoms with van der Waals surface area (Å²) in [6.07, 6.45) is -1.57. The highest BCUT2D eigenvalue weighted by atomic mass is 16.8. The molecule has 0 saturated carbocycles. The standard InChI is InChI=1S/C39H62O17/c1-9-11-12-13-14-15-16-17-18-19-21-47-38-37(53-29(8)45)35(33(51-27(6)43)31(54-38)23-49-25(4)41)56-39-36(52-28(7)44)34(46-20-10-2)32(50-26(5)42)30(55-39)22-48-24(3)40/h10,30-39H,2,9,11-23H2,1,3-8H3/t30-,31-,32-,33-,34+,35+,36-,37-,38-,39-/m1/s1. The average Bonchev–Trinajstić information content (AvgIpc) is 3.11. The molecule has 0 N–H and O–H groups in total. The minimum absolute atomic E-state index is 0.115. The molecule has 0 aromatic rings. The number of carbonyl (C=O) groups is 6. The van der Waals surface area contributed by atoms with Crippen LogP contribution in [0.25, 0.3) is 0 Å². The smallest absolute Gasteiger partial charge is 0.303 e. The lowest BCUT2D eigenvalue weighted by Gasteiger charge is -2.49. The maximum absolute atomic E-state index is 12.6. The molecule has 0 unspecified atom stereocenters. The van der Waals surface area contributed by atoms with Gasteiger partial charge in [-0.3, -0.25) is 28.8 Å². The van der Waals surface area contributed by atoms with Crippen LogP contribution in [-0.4, -0.2) is 124 Å². The maximum Gasteiger partial charge on any atom is 0.303 e. The summed E-state index contributed by atoms with van der Waals surface area (Å²) in [4.78, 5) is 73.8. The molecule has 2 aliphatic rings. The van der Waals surface area contributed by atoms with Gasteiger partial charge in [0.15, 0.2) is 37.0 Å². The molecule has 0 aromatic heterocycles. The molecule has 10 atom stereocenters. The number of rotatable bonds is 25. The van der Waals surface area contributed by atoms with Crippen molar-refractivity contribution in [3.05, 3.63) is 12.7 Å². The van der Waals surface area contributed by atoms with Gasteiger partial charge in [0.05, 0.1) is 6.61 Å². The molecule has 2 rings (SSSR count). The lowest BCUT2D eigenvalue weighted by atomic mass is 9.96. The van der Waals surface area contributed by atoms with E-state index in [-0.39, 0.29) is 13.2 Å². The predicted molar refractivity (Wildman–Crippen MR) is 195 cm³/mol. The molecule has 0 bridgehead atoms. The average molecular weight is 803 g/mol. The number of carbonyl (C=O) groups excluding carboxylic acids is 6. The fraction of sp³-hybridized carbons (Fsp3) is 0.795. The second kappa shape index (κ2) is 26.3. The van der Waals surface area contributed by atoms with Gasteiger partial charge in [-0.15, -0.1) is 6.58 Å². The zero-order valence-corrected chi connectivity index (χ0v) is 33.9. The van der Waals surface area contributed by atoms with Crippen molar-refractivity contribution in [1.29, 1.82) is 0 Å². The van der Waals surface area contributed by atoms with Crippen molar-refractivity contribution >= 4 is 35.8 Å². The molecule has 2 heterocycles. The van der Waals surface area contributed by atoms with E-state index in [9.17, 15) is 28.8 Å². The van der Waals surface area contributed by atoms with Crippen molar-refractivity contribution in [3.8, 4) is 0 Å². The quantitative estimate of drug-likeness (QED) is 0.0550. The van der Waals surface area contributed by atoms with E-state index in [1.165, 1.54) is 52.0 Å². The number of unbranched alkanes of at least 4 members (excludes halogenated alkanes) is 9. The number of hydrogen-bond acceptors (Lipinski definition) is 17. The molecule has 0 aliphatic carbocycles. The van der Waals surface area contributed by atoms with E-state index in [0.29, 0.717) is 6.42 Å². The third-order valence-electron chi connectivity index (χ3n) is 8.77. The Labute approximate surface area is 329 Å². The first-order valence-electron chi connectivity index (χ1n) is 19.4. The van der Waals surface area contributed by atoms with Gasteiger partial charge in [-0.05, 0) is 6.42 Å². The number of ether oxygens (including phenoxy) is 11. The van der Waals surface area contributed by atoms with Crippen LogP contribution in [0.1, 0.15) is 113 Å². The van der Waals surface area contributed by atoms with Crippen LogP contribution in [-0.2, 0) is 80.9 Å². The van der Waals surface area contributed by atoms with Gasteiger partial charge < -0.3 is 52.1 Å². The topological polar surface area (TPSA) is 204 Å². The van der Waals surface area contributed by atoms with Crippen molar-refractivity contribution in [2.45, 2.75) is 174 Å². The first-order chi connectivity index (χ1) is 26.7. The highest BCUT2D eigenvalue weighted by molar-refractivity contribution is 5.68. The van der Waals surface area contributed by atoms with Crippen LogP contribution < -0.4 is 0 Å². The van der Waals surface area contributed by atoms with Gasteiger partial charge in [0, 0.05) is 48.1 Å². The lowest BCUT2D eigenvalue weighted by molar-refractivity contribution is -0.363. The number of hydrogen-bond donors (Lipinski definition) is 0. The van der Waals surface area contributed by atoms with Gasteiger partial charge in [0.25, 0.3) is 0 Å². The van der Waals surface area contributed by atoms with Gasteiger partial charge in [-0.1, -0.05) is 70.8 Å². The zero-order chi connectivity index (χ0) is 41.6. The van der Waals surface area contributed by atoms with Crippen molar-refractivity contribution in [2.75, 3.05) is 26.4 Å². The maximum atomic E-state index is 12.6. The van der Waals surface area contributed by atoms with Gasteiger partial charge in [0.2, 0.25) is 0 Å². The van der Waals surface area contributed by atoms with E-state index in [4.69, 9.17) is 52.1 Å². The van der Waals surface area contributed by atoms with Crippen LogP contribution in [0.4, 0.5) is 0 Å². The molecule has 0 spiro atoms. The molecule has 2 aliphatic heterocycles. The van der Waals surface area contributed by atoms with E-state index in [2.05, 4.69) is 13.5 Å². The van der Waals surface area contributed by atoms with Crippen LogP contribution in [0.15, 0.2) is 12.7 Å². The van der Waals surface area contributed by atoms with Crippen molar-refractivity contribution in [1.82, 2.24) is 0 Å². The van der Waals surface area contributed by atoms with Crippen LogP contribution in [0.3, 0.4) is 0 Å². The summed E-state index contributed by atoms with van der Waals surface area (Å²) in [5, 5.41) is 0. The summed E-state index contributed by atoms with van der Waals surface area (Å²) >= 11 is 0. The summed E-state index contributed by atoms with van der Waals surface area (Å²) in [6, 6.07) is 0. The summed E-state index contributed by atoms with van der Waals surface area (Å²) < 4.78 is 64.1. The molecular weight excluding hydrogens is 740 g/mol. The Morgan fingerprint density at radius 1 is 0.500 bits per heavy atom. The van der Waals surface area contributed by atoms with Gasteiger partial charge in [-0.25, -0.2) is 0 Å². The predicted octanol–water partition coefficient (Wildman–Crippen LogP) is 4.18. The number of esters is 6. The molecule has 2 saturated heterocycles. The molecule has 320 valence electrons. The second-order valence-electron chi connectivity index (χ2n) is 13.7. The minimum Gasteiger partial charge on any atom is -0.463 e. The molecule has 0 amide bonds. The Morgan fingerprint density at radius 2 is 0.911 bits per heavy atom. The van der Waals surface area contributed by atoms with Crippen LogP contribution in [0.2, 0.25) is 0 Å². The fourth-order valence-corrected chi connectivity index (χ4v) is 6.44. The van der Waals surface area contributed by atoms with Gasteiger partial charge >= 0.3 is 35.8 Å². The Balaban J connectivity index is 2.52. The van der Waals surface area contributed by atoms with E-state index in [1.54, 1.807) is 0 Å². The van der Waals surface area contributed by atoms with Gasteiger partial charge in [-0.2, -0.15) is 0 Å². The largest absolute Gasteiger partial charge is 0.463 e. The highest BCUT2D eigenvalue weighted by Crippen LogP contribution is 2.35. The van der Waals surface area contributed by atoms with Crippen molar-refractivity contribution < 1.29 is 80.9 Å².